The van der Waals surface area contributed by atoms with Crippen LogP contribution in [0.3, 0.4) is 0 Å². The molecule has 0 spiro atoms. The van der Waals surface area contributed by atoms with Gasteiger partial charge in [-0.1, -0.05) is 63.5 Å². The van der Waals surface area contributed by atoms with Gasteiger partial charge in [-0.2, -0.15) is 0 Å². The molecule has 5 aliphatic rings. The van der Waals surface area contributed by atoms with Crippen molar-refractivity contribution >= 4 is 23.8 Å². The minimum Gasteiger partial charge on any atom is -0.456 e. The Kier molecular flexibility index (Phi) is 16.4. The van der Waals surface area contributed by atoms with Crippen molar-refractivity contribution in [3.05, 3.63) is 59.2 Å². The number of Topliss-reactive ketones (excluding diaryl/α,β-unsaturated/α-hetero) is 1. The maximum absolute atomic E-state index is 14.7. The summed E-state index contributed by atoms with van der Waals surface area (Å²) in [6, 6.07) is 6.87. The predicted octanol–water partition coefficient (Wildman–Crippen LogP) is 2.67. The van der Waals surface area contributed by atoms with E-state index < -0.39 is 101 Å². The van der Waals surface area contributed by atoms with Gasteiger partial charge in [0.15, 0.2) is 11.9 Å². The van der Waals surface area contributed by atoms with Crippen LogP contribution in [0.15, 0.2) is 53.6 Å². The molecule has 1 aromatic carbocycles. The van der Waals surface area contributed by atoms with E-state index in [4.69, 9.17) is 18.9 Å². The number of ketones is 1. The van der Waals surface area contributed by atoms with Crippen LogP contribution in [0.5, 0.6) is 0 Å². The summed E-state index contributed by atoms with van der Waals surface area (Å²) in [6.45, 7) is 7.53. The third kappa shape index (κ3) is 8.68. The first-order chi connectivity index (χ1) is 25.9. The molecular weight excluding hydrogens is 1170 g/mol. The third-order valence-corrected chi connectivity index (χ3v) is 13.4. The van der Waals surface area contributed by atoms with Gasteiger partial charge in [0.05, 0.1) is 35.8 Å². The molecule has 11 atom stereocenters. The number of allylic oxidation sites excluding steroid dienone is 1. The number of aliphatic hydroxyl groups is 5. The Morgan fingerprint density at radius 3 is 2.26 bits per heavy atom. The van der Waals surface area contributed by atoms with E-state index in [0.29, 0.717) is 12.8 Å². The van der Waals surface area contributed by atoms with E-state index in [-0.39, 0.29) is 130 Å². The summed E-state index contributed by atoms with van der Waals surface area (Å²) < 4.78 is 23.1. The molecule has 1 aromatic rings. The quantitative estimate of drug-likeness (QED) is 0.119. The SMILES string of the molecule is C/C=C/COC(=O)NC(C1CCCCC1)C(O)C(=O)OC1CC2(O)C(OC(=O)c3ccccc3)C3[C@]4(O)COC4CC(O)[C@@]3(C)C(=O)C(O)C(=C1C)C2(C)C.[Ac].[Ac]. The van der Waals surface area contributed by atoms with Crippen LogP contribution in [0.1, 0.15) is 89.9 Å². The normalized spacial score (nSPS) is 35.6. The van der Waals surface area contributed by atoms with Crippen molar-refractivity contribution in [3.63, 3.8) is 0 Å². The van der Waals surface area contributed by atoms with Gasteiger partial charge in [-0.25, -0.2) is 14.4 Å². The number of carbonyl (C=O) groups is 4. The fourth-order valence-corrected chi connectivity index (χ4v) is 10.1. The average molecular weight is 1220 g/mol. The van der Waals surface area contributed by atoms with E-state index in [9.17, 15) is 44.7 Å². The molecule has 308 valence electrons. The van der Waals surface area contributed by atoms with Crippen LogP contribution in [0, 0.1) is 111 Å². The second-order valence-corrected chi connectivity index (χ2v) is 16.7. The second-order valence-electron chi connectivity index (χ2n) is 16.7. The predicted molar refractivity (Wildman–Crippen MR) is 195 cm³/mol. The number of ether oxygens (including phenoxy) is 4. The van der Waals surface area contributed by atoms with Gasteiger partial charge in [0.1, 0.15) is 36.1 Å². The Morgan fingerprint density at radius 1 is 1.02 bits per heavy atom. The number of hydrogen-bond donors (Lipinski definition) is 6. The summed E-state index contributed by atoms with van der Waals surface area (Å²) in [4.78, 5) is 55.4. The van der Waals surface area contributed by atoms with Crippen LogP contribution in [-0.2, 0) is 28.5 Å². The van der Waals surface area contributed by atoms with Gasteiger partial charge in [-0.15, -0.1) is 0 Å². The van der Waals surface area contributed by atoms with Crippen molar-refractivity contribution in [2.24, 2.45) is 22.7 Å². The zero-order valence-electron chi connectivity index (χ0n) is 33.3. The van der Waals surface area contributed by atoms with Gasteiger partial charge < -0.3 is 49.8 Å². The number of fused-ring (bicyclic) bond motifs is 5. The maximum atomic E-state index is 14.7. The van der Waals surface area contributed by atoms with E-state index >= 15 is 0 Å². The average Bonchev–Trinajstić information content (AvgIpc) is 3.16. The van der Waals surface area contributed by atoms with E-state index in [1.54, 1.807) is 58.0 Å². The summed E-state index contributed by atoms with van der Waals surface area (Å²) >= 11 is 0. The molecule has 16 heteroatoms. The maximum Gasteiger partial charge on any atom is 0.407 e. The molecule has 1 saturated heterocycles. The number of benzene rings is 1. The number of amides is 1. The summed E-state index contributed by atoms with van der Waals surface area (Å²) in [7, 11) is 0. The van der Waals surface area contributed by atoms with E-state index in [1.165, 1.54) is 19.1 Å². The Balaban J connectivity index is 0.00000360. The van der Waals surface area contributed by atoms with Crippen molar-refractivity contribution in [2.75, 3.05) is 13.2 Å². The van der Waals surface area contributed by atoms with Crippen LogP contribution < -0.4 is 5.32 Å². The molecule has 4 fully saturated rings. The Bertz CT molecular complexity index is 1720. The first-order valence-corrected chi connectivity index (χ1v) is 19.3. The van der Waals surface area contributed by atoms with Gasteiger partial charge in [0.25, 0.3) is 0 Å². The fourth-order valence-electron chi connectivity index (χ4n) is 10.1. The number of aliphatic hydroxyl groups excluding tert-OH is 3. The molecule has 6 N–H and O–H groups in total. The molecule has 57 heavy (non-hydrogen) atoms. The standard InChI is InChI=1S/C41H55NO13.2Ac/c1-6-7-18-52-37(49)42-29(23-14-10-8-11-15-23)31(45)36(48)54-25-20-41(51)34(55-35(47)24-16-12-9-13-17-24)32-39(5,26(43)19-27-40(32,50)21-53-27)33(46)30(44)28(22(25)2)38(41,3)4;;/h6-7,9,12-13,16-17,23,25-27,29-32,34,43-45,50-51H,8,10-11,14-15,18-21H2,1-5H3,(H,42,49);;/b7-6+;;/t25?,26?,27?,29?,30?,31?,32?,34?,39-,40+,41?;;/m1../s1. The molecule has 1 amide bonds. The van der Waals surface area contributed by atoms with Gasteiger partial charge in [0, 0.05) is 112 Å². The van der Waals surface area contributed by atoms with E-state index in [2.05, 4.69) is 5.32 Å². The molecule has 3 saturated carbocycles. The molecule has 6 rings (SSSR count). The van der Waals surface area contributed by atoms with Gasteiger partial charge in [0.2, 0.25) is 0 Å². The van der Waals surface area contributed by atoms with Crippen LogP contribution in [0.4, 0.5) is 4.79 Å². The molecule has 2 bridgehead atoms. The fraction of sp³-hybridized carbons (Fsp3) is 0.659. The summed E-state index contributed by atoms with van der Waals surface area (Å²) in [5, 5.41) is 63.4. The monoisotopic (exact) mass is 1220 g/mol. The van der Waals surface area contributed by atoms with Crippen molar-refractivity contribution in [2.45, 2.75) is 133 Å². The number of carbonyl (C=O) groups excluding carboxylic acids is 4. The first kappa shape index (κ1) is 48.9. The molecule has 2 radical (unpaired) electrons. The van der Waals surface area contributed by atoms with Crippen molar-refractivity contribution in [1.29, 1.82) is 0 Å². The third-order valence-electron chi connectivity index (χ3n) is 13.4. The van der Waals surface area contributed by atoms with Crippen molar-refractivity contribution in [3.8, 4) is 0 Å². The first-order valence-electron chi connectivity index (χ1n) is 19.3. The van der Waals surface area contributed by atoms with E-state index in [0.717, 1.165) is 19.3 Å². The van der Waals surface area contributed by atoms with Crippen molar-refractivity contribution < 1.29 is 152 Å². The number of esters is 2. The Hall–Kier alpha value is -0.777. The van der Waals surface area contributed by atoms with Crippen LogP contribution in [0.2, 0.25) is 0 Å². The molecule has 1 aliphatic heterocycles. The zero-order valence-corrected chi connectivity index (χ0v) is 42.7. The van der Waals surface area contributed by atoms with Crippen molar-refractivity contribution in [1.82, 2.24) is 5.32 Å². The minimum absolute atomic E-state index is 0. The summed E-state index contributed by atoms with van der Waals surface area (Å²) in [5.74, 6) is -4.67. The Labute approximate surface area is 405 Å². The van der Waals surface area contributed by atoms with Gasteiger partial charge >= 0.3 is 18.0 Å². The van der Waals surface area contributed by atoms with Gasteiger partial charge in [-0.3, -0.25) is 4.79 Å². The van der Waals surface area contributed by atoms with Crippen LogP contribution in [-0.4, -0.2) is 116 Å². The molecule has 0 aromatic heterocycles. The number of rotatable bonds is 9. The number of hydrogen-bond acceptors (Lipinski definition) is 13. The smallest absolute Gasteiger partial charge is 0.407 e. The molecule has 1 heterocycles. The van der Waals surface area contributed by atoms with Crippen LogP contribution in [0.25, 0.3) is 0 Å². The molecule has 14 nitrogen and oxygen atoms in total. The molecule has 9 unspecified atom stereocenters. The summed E-state index contributed by atoms with van der Waals surface area (Å²) in [6.07, 6.45) is -3.61. The van der Waals surface area contributed by atoms with Gasteiger partial charge in [-0.05, 0) is 62.8 Å². The second kappa shape index (κ2) is 19.1. The number of alkyl carbamates (subject to hydrolysis) is 1. The topological polar surface area (TPSA) is 218 Å². The molecular formula is C41H55Ac2NO13. The van der Waals surface area contributed by atoms with E-state index in [1.807, 2.05) is 0 Å². The minimum atomic E-state index is -2.28. The largest absolute Gasteiger partial charge is 0.456 e. The summed E-state index contributed by atoms with van der Waals surface area (Å²) in [5.41, 5.74) is -7.37. The van der Waals surface area contributed by atoms with Crippen LogP contribution >= 0.6 is 0 Å². The number of nitrogens with one attached hydrogen (secondary N) is 1. The zero-order chi connectivity index (χ0) is 40.1. The molecule has 4 aliphatic carbocycles. The Morgan fingerprint density at radius 2 is 1.67 bits per heavy atom.